The lowest BCUT2D eigenvalue weighted by atomic mass is 10.1. The number of carbonyl (C=O) groups is 1. The van der Waals surface area contributed by atoms with Crippen molar-refractivity contribution in [3.05, 3.63) is 87.5 Å². The molecule has 0 saturated heterocycles. The van der Waals surface area contributed by atoms with Crippen molar-refractivity contribution < 1.29 is 9.21 Å². The van der Waals surface area contributed by atoms with E-state index in [1.807, 2.05) is 18.2 Å². The molecule has 24 heavy (non-hydrogen) atoms. The molecule has 0 bridgehead atoms. The zero-order valence-corrected chi connectivity index (χ0v) is 15.0. The molecule has 0 N–H and O–H groups in total. The maximum absolute atomic E-state index is 13.0. The molecule has 0 saturated carbocycles. The Labute approximate surface area is 153 Å². The standard InChI is InChI=1S/C18H14BrClN2O2/c19-14-5-6-17(20)16(9-14)18(23)22(12-15-4-2-8-24-15)11-13-3-1-7-21-10-13/h1-10H,11-12H2. The number of nitrogens with zero attached hydrogens (tertiary/aromatic N) is 2. The Balaban J connectivity index is 1.90. The summed E-state index contributed by atoms with van der Waals surface area (Å²) >= 11 is 9.60. The molecule has 0 atom stereocenters. The lowest BCUT2D eigenvalue weighted by Gasteiger charge is -2.22. The molecule has 0 aliphatic carbocycles. The number of hydrogen-bond donors (Lipinski definition) is 0. The molecule has 2 heterocycles. The molecule has 0 spiro atoms. The van der Waals surface area contributed by atoms with Gasteiger partial charge in [-0.25, -0.2) is 0 Å². The predicted octanol–water partition coefficient (Wildman–Crippen LogP) is 4.93. The van der Waals surface area contributed by atoms with E-state index in [-0.39, 0.29) is 5.91 Å². The van der Waals surface area contributed by atoms with Crippen molar-refractivity contribution in [1.82, 2.24) is 9.88 Å². The number of rotatable bonds is 5. The number of pyridine rings is 1. The largest absolute Gasteiger partial charge is 0.467 e. The van der Waals surface area contributed by atoms with E-state index in [2.05, 4.69) is 20.9 Å². The molecule has 2 aromatic heterocycles. The van der Waals surface area contributed by atoms with E-state index in [4.69, 9.17) is 16.0 Å². The number of carbonyl (C=O) groups excluding carboxylic acids is 1. The molecule has 0 unspecified atom stereocenters. The van der Waals surface area contributed by atoms with Crippen LogP contribution >= 0.6 is 27.5 Å². The molecule has 1 amide bonds. The normalized spacial score (nSPS) is 10.6. The van der Waals surface area contributed by atoms with Crippen LogP contribution in [0.4, 0.5) is 0 Å². The van der Waals surface area contributed by atoms with Gasteiger partial charge in [-0.1, -0.05) is 33.6 Å². The zero-order valence-electron chi connectivity index (χ0n) is 12.7. The van der Waals surface area contributed by atoms with E-state index in [9.17, 15) is 4.79 Å². The molecular weight excluding hydrogens is 392 g/mol. The van der Waals surface area contributed by atoms with Crippen LogP contribution in [0.5, 0.6) is 0 Å². The molecule has 0 aliphatic rings. The molecule has 4 nitrogen and oxygen atoms in total. The van der Waals surface area contributed by atoms with Gasteiger partial charge in [-0.15, -0.1) is 0 Å². The topological polar surface area (TPSA) is 46.3 Å². The maximum Gasteiger partial charge on any atom is 0.256 e. The van der Waals surface area contributed by atoms with Crippen molar-refractivity contribution in [3.8, 4) is 0 Å². The van der Waals surface area contributed by atoms with Gasteiger partial charge in [0.05, 0.1) is 23.4 Å². The van der Waals surface area contributed by atoms with Gasteiger partial charge in [-0.3, -0.25) is 9.78 Å². The molecule has 1 aromatic carbocycles. The van der Waals surface area contributed by atoms with E-state index in [1.165, 1.54) is 0 Å². The van der Waals surface area contributed by atoms with E-state index >= 15 is 0 Å². The summed E-state index contributed by atoms with van der Waals surface area (Å²) < 4.78 is 6.19. The molecule has 6 heteroatoms. The third-order valence-corrected chi connectivity index (χ3v) is 4.29. The quantitative estimate of drug-likeness (QED) is 0.604. The molecule has 0 radical (unpaired) electrons. The average Bonchev–Trinajstić information content (AvgIpc) is 3.10. The Kier molecular flexibility index (Phi) is 5.33. The first kappa shape index (κ1) is 16.7. The third-order valence-electron chi connectivity index (χ3n) is 3.47. The Morgan fingerprint density at radius 3 is 2.79 bits per heavy atom. The molecule has 122 valence electrons. The molecule has 0 aliphatic heterocycles. The van der Waals surface area contributed by atoms with Crippen LogP contribution in [-0.4, -0.2) is 15.8 Å². The number of benzene rings is 1. The minimum atomic E-state index is -0.165. The monoisotopic (exact) mass is 404 g/mol. The SMILES string of the molecule is O=C(c1cc(Br)ccc1Cl)N(Cc1cccnc1)Cc1ccco1. The molecular formula is C18H14BrClN2O2. The van der Waals surface area contributed by atoms with Gasteiger partial charge in [0, 0.05) is 23.4 Å². The zero-order chi connectivity index (χ0) is 16.9. The fourth-order valence-corrected chi connectivity index (χ4v) is 2.89. The second kappa shape index (κ2) is 7.64. The van der Waals surface area contributed by atoms with Crippen LogP contribution in [-0.2, 0) is 13.1 Å². The van der Waals surface area contributed by atoms with Gasteiger partial charge in [-0.2, -0.15) is 0 Å². The Bertz CT molecular complexity index is 822. The van der Waals surface area contributed by atoms with Crippen LogP contribution < -0.4 is 0 Å². The summed E-state index contributed by atoms with van der Waals surface area (Å²) in [4.78, 5) is 18.8. The maximum atomic E-state index is 13.0. The Hall–Kier alpha value is -2.11. The summed E-state index contributed by atoms with van der Waals surface area (Å²) in [6.45, 7) is 0.764. The van der Waals surface area contributed by atoms with Crippen LogP contribution in [0.15, 0.2) is 70.0 Å². The highest BCUT2D eigenvalue weighted by Crippen LogP contribution is 2.24. The van der Waals surface area contributed by atoms with Crippen molar-refractivity contribution >= 4 is 33.4 Å². The van der Waals surface area contributed by atoms with Gasteiger partial charge in [0.15, 0.2) is 0 Å². The summed E-state index contributed by atoms with van der Waals surface area (Å²) in [5.41, 5.74) is 1.38. The number of aromatic nitrogens is 1. The van der Waals surface area contributed by atoms with E-state index in [0.29, 0.717) is 29.4 Å². The van der Waals surface area contributed by atoms with Gasteiger partial charge >= 0.3 is 0 Å². The highest BCUT2D eigenvalue weighted by Gasteiger charge is 2.20. The van der Waals surface area contributed by atoms with Gasteiger partial charge in [-0.05, 0) is 42.0 Å². The molecule has 3 aromatic rings. The van der Waals surface area contributed by atoms with Crippen LogP contribution in [0.25, 0.3) is 0 Å². The van der Waals surface area contributed by atoms with E-state index in [1.54, 1.807) is 47.8 Å². The van der Waals surface area contributed by atoms with Crippen molar-refractivity contribution in [3.63, 3.8) is 0 Å². The van der Waals surface area contributed by atoms with E-state index in [0.717, 1.165) is 10.0 Å². The summed E-state index contributed by atoms with van der Waals surface area (Å²) in [5, 5.41) is 0.416. The third kappa shape index (κ3) is 4.04. The van der Waals surface area contributed by atoms with Crippen molar-refractivity contribution in [2.24, 2.45) is 0 Å². The highest BCUT2D eigenvalue weighted by atomic mass is 79.9. The summed E-state index contributed by atoms with van der Waals surface area (Å²) in [5.74, 6) is 0.542. The number of amides is 1. The van der Waals surface area contributed by atoms with Crippen LogP contribution in [0.2, 0.25) is 5.02 Å². The van der Waals surface area contributed by atoms with Crippen molar-refractivity contribution in [2.45, 2.75) is 13.1 Å². The first-order valence-corrected chi connectivity index (χ1v) is 8.46. The summed E-state index contributed by atoms with van der Waals surface area (Å²) in [6, 6.07) is 12.6. The molecule has 3 rings (SSSR count). The van der Waals surface area contributed by atoms with Crippen LogP contribution in [0.3, 0.4) is 0 Å². The number of hydrogen-bond acceptors (Lipinski definition) is 3. The highest BCUT2D eigenvalue weighted by molar-refractivity contribution is 9.10. The van der Waals surface area contributed by atoms with Gasteiger partial charge < -0.3 is 9.32 Å². The van der Waals surface area contributed by atoms with Gasteiger partial charge in [0.2, 0.25) is 0 Å². The first-order chi connectivity index (χ1) is 11.6. The van der Waals surface area contributed by atoms with Gasteiger partial charge in [0.25, 0.3) is 5.91 Å². The lowest BCUT2D eigenvalue weighted by molar-refractivity contribution is 0.0717. The smallest absolute Gasteiger partial charge is 0.256 e. The Morgan fingerprint density at radius 2 is 2.08 bits per heavy atom. The summed E-state index contributed by atoms with van der Waals surface area (Å²) in [6.07, 6.45) is 5.03. The average molecular weight is 406 g/mol. The second-order valence-corrected chi connectivity index (χ2v) is 6.55. The number of furan rings is 1. The second-order valence-electron chi connectivity index (χ2n) is 5.23. The predicted molar refractivity (Wildman–Crippen MR) is 95.7 cm³/mol. The fourth-order valence-electron chi connectivity index (χ4n) is 2.33. The van der Waals surface area contributed by atoms with E-state index < -0.39 is 0 Å². The Morgan fingerprint density at radius 1 is 1.21 bits per heavy atom. The lowest BCUT2D eigenvalue weighted by Crippen LogP contribution is -2.30. The van der Waals surface area contributed by atoms with Crippen molar-refractivity contribution in [2.75, 3.05) is 0 Å². The first-order valence-electron chi connectivity index (χ1n) is 7.29. The van der Waals surface area contributed by atoms with Crippen molar-refractivity contribution in [1.29, 1.82) is 0 Å². The minimum Gasteiger partial charge on any atom is -0.467 e. The summed E-state index contributed by atoms with van der Waals surface area (Å²) in [7, 11) is 0. The fraction of sp³-hybridized carbons (Fsp3) is 0.111. The molecule has 0 fully saturated rings. The van der Waals surface area contributed by atoms with Crippen LogP contribution in [0, 0.1) is 0 Å². The van der Waals surface area contributed by atoms with Gasteiger partial charge in [0.1, 0.15) is 5.76 Å². The van der Waals surface area contributed by atoms with Crippen LogP contribution in [0.1, 0.15) is 21.7 Å². The minimum absolute atomic E-state index is 0.165. The number of halogens is 2.